The van der Waals surface area contributed by atoms with Crippen molar-refractivity contribution in [3.8, 4) is 0 Å². The number of ether oxygens (including phenoxy) is 11. The van der Waals surface area contributed by atoms with Crippen LogP contribution in [-0.4, -0.2) is 199 Å². The van der Waals surface area contributed by atoms with Crippen molar-refractivity contribution in [1.29, 1.82) is 1.28 Å². The van der Waals surface area contributed by atoms with E-state index in [1.54, 1.807) is 6.92 Å². The number of aliphatic carboxylic acids is 2. The van der Waals surface area contributed by atoms with Gasteiger partial charge in [0.2, 0.25) is 23.6 Å². The van der Waals surface area contributed by atoms with Gasteiger partial charge in [0.25, 0.3) is 0 Å². The molecule has 0 bridgehead atoms. The molecule has 7 atom stereocenters. The van der Waals surface area contributed by atoms with Crippen LogP contribution in [0.4, 0.5) is 26.3 Å². The Bertz CT molecular complexity index is 3450. The molecule has 2 radical (unpaired) electrons. The largest absolute Gasteiger partial charge is 1.00 e. The van der Waals surface area contributed by atoms with Gasteiger partial charge in [-0.2, -0.15) is 25.6 Å². The van der Waals surface area contributed by atoms with Gasteiger partial charge in [-0.1, -0.05) is 12.2 Å². The van der Waals surface area contributed by atoms with Crippen molar-refractivity contribution in [2.75, 3.05) is 59.5 Å². The Labute approximate surface area is 832 Å². The summed E-state index contributed by atoms with van der Waals surface area (Å²) in [7, 11) is 2.20. The van der Waals surface area contributed by atoms with Crippen LogP contribution in [0.5, 0.6) is 0 Å². The third-order valence-corrected chi connectivity index (χ3v) is 24.5. The molecule has 12 aliphatic carbocycles. The molecule has 127 heavy (non-hydrogen) atoms. The number of hydrogen-bond acceptors (Lipinski definition) is 26. The zero-order valence-corrected chi connectivity index (χ0v) is 85.1. The maximum Gasteiger partial charge on any atom is 1.00 e. The first-order chi connectivity index (χ1) is 56.9. The number of allylic oxidation sites excluding steroid dienone is 1. The molecule has 7 unspecified atom stereocenters. The van der Waals surface area contributed by atoms with Gasteiger partial charge in [0.15, 0.2) is 36.2 Å². The predicted molar refractivity (Wildman–Crippen MR) is 440 cm³/mol. The van der Waals surface area contributed by atoms with Crippen LogP contribution in [0.3, 0.4) is 0 Å². The molecule has 0 aromatic carbocycles. The van der Waals surface area contributed by atoms with Gasteiger partial charge < -0.3 is 84.7 Å². The monoisotopic (exact) mass is 2070 g/mol. The fourth-order valence-corrected chi connectivity index (χ4v) is 17.2. The van der Waals surface area contributed by atoms with E-state index in [1.165, 1.54) is 46.1 Å². The molecule has 0 aromatic rings. The summed E-state index contributed by atoms with van der Waals surface area (Å²) in [6.07, 6.45) is 20.6. The third-order valence-electron chi connectivity index (χ3n) is 24.5. The van der Waals surface area contributed by atoms with Crippen LogP contribution in [0.15, 0.2) is 12.2 Å². The summed E-state index contributed by atoms with van der Waals surface area (Å²) in [6.45, 7) is 26.5. The molecule has 42 heteroatoms. The van der Waals surface area contributed by atoms with Crippen molar-refractivity contribution in [2.45, 2.75) is 323 Å². The Hall–Kier alpha value is -2.55. The van der Waals surface area contributed by atoms with E-state index in [4.69, 9.17) is 59.7 Å². The third kappa shape index (κ3) is 44.9. The Balaban J connectivity index is -0.00000135. The van der Waals surface area contributed by atoms with Gasteiger partial charge in [0.1, 0.15) is 11.6 Å². The van der Waals surface area contributed by atoms with E-state index in [0.29, 0.717) is 135 Å². The SMILES string of the molecule is C=C1CCC2(CC1)OCCO2.CC(=O)C=[N+]=[N-].CC(=O)OC(C)=O.CC(=O)OC(C)=O.CCOC(=O)C1CC12CCC(=O)CC2.CCOC(=O)C1CC12CCC(F)(F)CC2.CCOC(=O)C1CC12CCC1(CC2)OCCO1.C[C-](C)C.O=C(O)C1CC12CCC(F)(F)CC2.O=C(O)C1CC12CCC(F)(F)CC2.O=C1CCC2(CC1)OCCO2.[3H][P+](P)=S.[K+].[Li+].[OH-].[OH-].[Rh].[Rh]. The molecule has 722 valence electrons. The van der Waals surface area contributed by atoms with Crippen LogP contribution in [0.2, 0.25) is 0 Å². The maximum absolute atomic E-state index is 12.9. The van der Waals surface area contributed by atoms with Crippen molar-refractivity contribution < 1.29 is 271 Å². The second-order valence-electron chi connectivity index (χ2n) is 34.4. The van der Waals surface area contributed by atoms with Crippen LogP contribution in [0, 0.1) is 62.6 Å². The van der Waals surface area contributed by atoms with Crippen molar-refractivity contribution >= 4 is 105 Å². The van der Waals surface area contributed by atoms with Crippen LogP contribution < -0.4 is 70.2 Å². The maximum atomic E-state index is 12.9. The number of hydrogen-bond donors (Lipinski definition) is 2. The number of esters is 7. The van der Waals surface area contributed by atoms with Gasteiger partial charge in [-0.15, -0.1) is 0 Å². The van der Waals surface area contributed by atoms with Crippen molar-refractivity contribution in [2.24, 2.45) is 56.7 Å². The van der Waals surface area contributed by atoms with Gasteiger partial charge in [0.05, 0.1) is 98.0 Å². The van der Waals surface area contributed by atoms with Crippen LogP contribution in [-0.2, 0) is 160 Å². The van der Waals surface area contributed by atoms with Crippen molar-refractivity contribution in [1.82, 2.24) is 0 Å². The summed E-state index contributed by atoms with van der Waals surface area (Å²) >= 11 is 4.31. The molecule has 0 amide bonds. The Kier molecular flexibility index (Phi) is 59.2. The van der Waals surface area contributed by atoms with Gasteiger partial charge in [-0.05, 0) is 157 Å². The Morgan fingerprint density at radius 2 is 0.669 bits per heavy atom. The first-order valence-electron chi connectivity index (χ1n) is 42.5. The molecule has 12 saturated carbocycles. The number of carbonyl (C=O) groups is 12. The quantitative estimate of drug-likeness (QED) is 0.0185. The minimum absolute atomic E-state index is 0. The minimum Gasteiger partial charge on any atom is -0.870 e. The summed E-state index contributed by atoms with van der Waals surface area (Å²) in [5.74, 6) is -11.3. The fourth-order valence-electron chi connectivity index (χ4n) is 17.2. The number of nitrogens with zero attached hydrogens (tertiary/aromatic N) is 2. The van der Waals surface area contributed by atoms with E-state index in [0.717, 1.165) is 116 Å². The molecule has 0 aromatic heterocycles. The predicted octanol–water partition coefficient (Wildman–Crippen LogP) is 9.90. The van der Waals surface area contributed by atoms with E-state index in [9.17, 15) is 83.9 Å². The molecular weight excluding hydrogens is 1940 g/mol. The molecule has 15 aliphatic rings. The molecule has 15 rings (SSSR count). The molecule has 3 aliphatic heterocycles. The van der Waals surface area contributed by atoms with Crippen LogP contribution in [0.1, 0.15) is 288 Å². The van der Waals surface area contributed by atoms with Gasteiger partial charge >= 0.3 is 131 Å². The average Bonchev–Trinajstić information content (AvgIpc) is 1.50. The van der Waals surface area contributed by atoms with Gasteiger partial charge in [-0.3, -0.25) is 57.5 Å². The van der Waals surface area contributed by atoms with E-state index < -0.39 is 60.6 Å². The molecule has 8 spiro atoms. The number of alkyl halides is 6. The molecular formula is C85H132F6KLiN2O27P2Rh2S. The molecule has 3 heterocycles. The number of carbonyl (C=O) groups excluding carboxylic acids is 10. The summed E-state index contributed by atoms with van der Waals surface area (Å²) in [6, 6.07) is 0. The second kappa shape index (κ2) is 59.5. The van der Waals surface area contributed by atoms with E-state index >= 15 is 0 Å². The topological polar surface area (TPSA) is 443 Å². The fraction of sp³-hybridized carbons (Fsp3) is 0.812. The number of rotatable bonds is 9. The number of halogens is 6. The number of Topliss-reactive ketones (excluding diaryl/α,β-unsaturated/α-hetero) is 3. The first-order valence-corrected chi connectivity index (χ1v) is 45.6. The standard InChI is InChI=1S/C13H20O4.C11H16F2O2.C11H16O3.2C9H12F2O2.C9H14O2.C8H12O3.2C4H6O3.C4H9.C3H4N2O.K.Li.2H2O.H2P2S.2Rh/c1-2-15-11(14)10-9-12(10)3-5-13(6-4-12)16-7-8-17-13;1-2-15-9(14)8-7-10(8)3-5-11(12,13)6-4-10;1-2-14-10(13)9-7-11(9)5-3-8(12)4-6-11;2*10-9(11)3-1-8(2-4-9)5-6(8)7(12)13;1-8-2-4-9(5-3-8)10-6-7-11-9;9-7-1-3-8(4-2-7)10-5-6-11-8;2*1-3(5)7-4(2)6;1-4(2)3;1-3(6)2-5-4;;;;;1-2-3;;/h10H,2-9H2,1H3;8H,2-7H2,1H3;9H,2-7H2,1H3;2*6H,1-5H2,(H,12,13);1-7H2;1-6H2;2*1-2H3;1-3H3;2H,1H3;;;2*1H2;1H2;;/q;;;;;;;;;-1;;2*+1;;;;;/p-1/i/hT. The van der Waals surface area contributed by atoms with Gasteiger partial charge in [-0.25, -0.2) is 26.3 Å². The van der Waals surface area contributed by atoms with Gasteiger partial charge in [0, 0.05) is 176 Å². The summed E-state index contributed by atoms with van der Waals surface area (Å²) in [5.41, 5.74) is 8.65. The molecule has 29 nitrogen and oxygen atoms in total. The summed E-state index contributed by atoms with van der Waals surface area (Å²) in [5, 5.41) is 17.4. The smallest absolute Gasteiger partial charge is 0.870 e. The average molecular weight is 2080 g/mol. The molecule has 15 fully saturated rings. The van der Waals surface area contributed by atoms with Crippen LogP contribution >= 0.6 is 15.9 Å². The Morgan fingerprint density at radius 1 is 0.465 bits per heavy atom. The second-order valence-corrected chi connectivity index (χ2v) is 37.1. The number of ketones is 3. The van der Waals surface area contributed by atoms with Crippen molar-refractivity contribution in [3.05, 3.63) is 23.6 Å². The van der Waals surface area contributed by atoms with E-state index in [1.807, 2.05) is 13.8 Å². The number of carboxylic acid groups (broad SMARTS) is 2. The zero-order valence-electron chi connectivity index (χ0n) is 76.8. The first kappa shape index (κ1) is 126. The van der Waals surface area contributed by atoms with E-state index in [2.05, 4.69) is 62.3 Å². The zero-order chi connectivity index (χ0) is 91.9. The minimum atomic E-state index is -2.54. The number of carboxylic acids is 2. The normalized spacial score (nSPS) is 25.3. The summed E-state index contributed by atoms with van der Waals surface area (Å²) < 4.78 is 140. The molecule has 3 saturated heterocycles. The van der Waals surface area contributed by atoms with Crippen molar-refractivity contribution in [3.63, 3.8) is 0 Å². The van der Waals surface area contributed by atoms with Crippen LogP contribution in [0.25, 0.3) is 5.53 Å². The van der Waals surface area contributed by atoms with E-state index in [-0.39, 0.29) is 256 Å². The molecule has 4 N–H and O–H groups in total. The Morgan fingerprint density at radius 3 is 0.866 bits per heavy atom. The summed E-state index contributed by atoms with van der Waals surface area (Å²) in [4.78, 5) is 129.